The van der Waals surface area contributed by atoms with Crippen LogP contribution in [-0.4, -0.2) is 18.0 Å². The summed E-state index contributed by atoms with van der Waals surface area (Å²) in [5.41, 5.74) is 2.63. The molecule has 2 aliphatic rings. The van der Waals surface area contributed by atoms with Crippen LogP contribution >= 0.6 is 0 Å². The number of fused-ring (bicyclic) bond motifs is 1. The Hall–Kier alpha value is -1.35. The highest BCUT2D eigenvalue weighted by Gasteiger charge is 2.38. The van der Waals surface area contributed by atoms with Crippen LogP contribution in [0.3, 0.4) is 0 Å². The van der Waals surface area contributed by atoms with Crippen LogP contribution in [0, 0.1) is 5.92 Å². The SMILES string of the molecule is CCCC1CC1NC(=O)[C@H]1Cc2ccccc2CN1. The van der Waals surface area contributed by atoms with Crippen LogP contribution in [0.5, 0.6) is 0 Å². The van der Waals surface area contributed by atoms with Gasteiger partial charge in [-0.3, -0.25) is 4.79 Å². The predicted octanol–water partition coefficient (Wildman–Crippen LogP) is 2.01. The number of carbonyl (C=O) groups is 1. The summed E-state index contributed by atoms with van der Waals surface area (Å²) in [6, 6.07) is 8.75. The lowest BCUT2D eigenvalue weighted by Crippen LogP contribution is -2.48. The van der Waals surface area contributed by atoms with E-state index >= 15 is 0 Å². The molecule has 1 aliphatic heterocycles. The molecule has 2 N–H and O–H groups in total. The van der Waals surface area contributed by atoms with Gasteiger partial charge in [-0.05, 0) is 36.3 Å². The monoisotopic (exact) mass is 258 g/mol. The van der Waals surface area contributed by atoms with Gasteiger partial charge in [-0.2, -0.15) is 0 Å². The van der Waals surface area contributed by atoms with Crippen LogP contribution in [0.25, 0.3) is 0 Å². The molecule has 1 fully saturated rings. The van der Waals surface area contributed by atoms with Gasteiger partial charge in [0.05, 0.1) is 6.04 Å². The molecule has 102 valence electrons. The fourth-order valence-electron chi connectivity index (χ4n) is 3.04. The van der Waals surface area contributed by atoms with Gasteiger partial charge in [-0.25, -0.2) is 0 Å². The quantitative estimate of drug-likeness (QED) is 0.867. The van der Waals surface area contributed by atoms with Crippen LogP contribution in [-0.2, 0) is 17.8 Å². The molecule has 1 aliphatic carbocycles. The van der Waals surface area contributed by atoms with E-state index in [-0.39, 0.29) is 11.9 Å². The third-order valence-electron chi connectivity index (χ3n) is 4.31. The Balaban J connectivity index is 1.55. The Kier molecular flexibility index (Phi) is 3.56. The molecule has 0 bridgehead atoms. The van der Waals surface area contributed by atoms with Gasteiger partial charge in [0.2, 0.25) is 5.91 Å². The Morgan fingerprint density at radius 2 is 2.16 bits per heavy atom. The Morgan fingerprint density at radius 1 is 1.37 bits per heavy atom. The van der Waals surface area contributed by atoms with E-state index in [1.54, 1.807) is 0 Å². The smallest absolute Gasteiger partial charge is 0.237 e. The van der Waals surface area contributed by atoms with Gasteiger partial charge in [-0.15, -0.1) is 0 Å². The summed E-state index contributed by atoms with van der Waals surface area (Å²) in [7, 11) is 0. The van der Waals surface area contributed by atoms with Crippen LogP contribution in [0.2, 0.25) is 0 Å². The van der Waals surface area contributed by atoms with Gasteiger partial charge in [0.25, 0.3) is 0 Å². The fraction of sp³-hybridized carbons (Fsp3) is 0.562. The third-order valence-corrected chi connectivity index (χ3v) is 4.31. The minimum Gasteiger partial charge on any atom is -0.352 e. The molecule has 1 heterocycles. The number of carbonyl (C=O) groups excluding carboxylic acids is 1. The summed E-state index contributed by atoms with van der Waals surface area (Å²) in [6.45, 7) is 3.01. The zero-order valence-corrected chi connectivity index (χ0v) is 11.5. The number of rotatable bonds is 4. The molecule has 2 unspecified atom stereocenters. The standard InChI is InChI=1S/C16H22N2O/c1-2-5-12-9-14(12)18-16(19)15-8-11-6-3-4-7-13(11)10-17-15/h3-4,6-7,12,14-15,17H,2,5,8-10H2,1H3,(H,18,19)/t12?,14?,15-/m1/s1. The molecule has 3 heteroatoms. The van der Waals surface area contributed by atoms with Gasteiger partial charge in [-0.1, -0.05) is 37.6 Å². The Labute approximate surface area is 114 Å². The maximum Gasteiger partial charge on any atom is 0.237 e. The second-order valence-corrected chi connectivity index (χ2v) is 5.81. The maximum absolute atomic E-state index is 12.2. The van der Waals surface area contributed by atoms with Crippen molar-refractivity contribution in [1.29, 1.82) is 0 Å². The van der Waals surface area contributed by atoms with E-state index < -0.39 is 0 Å². The average molecular weight is 258 g/mol. The summed E-state index contributed by atoms with van der Waals surface area (Å²) in [5, 5.41) is 6.53. The van der Waals surface area contributed by atoms with Crippen molar-refractivity contribution in [2.75, 3.05) is 0 Å². The van der Waals surface area contributed by atoms with E-state index in [4.69, 9.17) is 0 Å². The number of hydrogen-bond donors (Lipinski definition) is 2. The number of hydrogen-bond acceptors (Lipinski definition) is 2. The first-order valence-electron chi connectivity index (χ1n) is 7.38. The third kappa shape index (κ3) is 2.81. The van der Waals surface area contributed by atoms with Crippen molar-refractivity contribution < 1.29 is 4.79 Å². The molecule has 19 heavy (non-hydrogen) atoms. The van der Waals surface area contributed by atoms with Crippen LogP contribution in [0.1, 0.15) is 37.3 Å². The molecule has 0 radical (unpaired) electrons. The van der Waals surface area contributed by atoms with Gasteiger partial charge < -0.3 is 10.6 Å². The zero-order chi connectivity index (χ0) is 13.2. The lowest BCUT2D eigenvalue weighted by molar-refractivity contribution is -0.123. The van der Waals surface area contributed by atoms with Gasteiger partial charge in [0.1, 0.15) is 0 Å². The van der Waals surface area contributed by atoms with Crippen molar-refractivity contribution in [3.05, 3.63) is 35.4 Å². The number of benzene rings is 1. The number of amides is 1. The van der Waals surface area contributed by atoms with Crippen molar-refractivity contribution in [3.8, 4) is 0 Å². The molecule has 0 saturated heterocycles. The van der Waals surface area contributed by atoms with Crippen molar-refractivity contribution in [2.45, 2.75) is 51.2 Å². The first-order chi connectivity index (χ1) is 9.28. The van der Waals surface area contributed by atoms with Gasteiger partial charge in [0.15, 0.2) is 0 Å². The van der Waals surface area contributed by atoms with Crippen molar-refractivity contribution in [3.63, 3.8) is 0 Å². The first kappa shape index (κ1) is 12.7. The molecule has 3 atom stereocenters. The second-order valence-electron chi connectivity index (χ2n) is 5.81. The molecule has 1 aromatic rings. The Bertz CT molecular complexity index is 472. The second kappa shape index (κ2) is 5.33. The maximum atomic E-state index is 12.2. The molecule has 3 nitrogen and oxygen atoms in total. The van der Waals surface area contributed by atoms with Gasteiger partial charge >= 0.3 is 0 Å². The summed E-state index contributed by atoms with van der Waals surface area (Å²) in [4.78, 5) is 12.2. The highest BCUT2D eigenvalue weighted by molar-refractivity contribution is 5.83. The average Bonchev–Trinajstić information content (AvgIpc) is 3.16. The van der Waals surface area contributed by atoms with E-state index in [1.807, 2.05) is 0 Å². The molecule has 0 spiro atoms. The van der Waals surface area contributed by atoms with Crippen molar-refractivity contribution in [1.82, 2.24) is 10.6 Å². The Morgan fingerprint density at radius 3 is 2.95 bits per heavy atom. The van der Waals surface area contributed by atoms with Crippen molar-refractivity contribution in [2.24, 2.45) is 5.92 Å². The molecule has 1 saturated carbocycles. The molecule has 1 amide bonds. The van der Waals surface area contributed by atoms with Crippen LogP contribution < -0.4 is 10.6 Å². The zero-order valence-electron chi connectivity index (χ0n) is 11.5. The molecule has 3 rings (SSSR count). The van der Waals surface area contributed by atoms with E-state index in [0.717, 1.165) is 18.9 Å². The van der Waals surface area contributed by atoms with Gasteiger partial charge in [0, 0.05) is 12.6 Å². The summed E-state index contributed by atoms with van der Waals surface area (Å²) < 4.78 is 0. The van der Waals surface area contributed by atoms with E-state index in [2.05, 4.69) is 41.8 Å². The highest BCUT2D eigenvalue weighted by Crippen LogP contribution is 2.34. The van der Waals surface area contributed by atoms with E-state index in [0.29, 0.717) is 6.04 Å². The molecular weight excluding hydrogens is 236 g/mol. The lowest BCUT2D eigenvalue weighted by atomic mass is 9.95. The fourth-order valence-corrected chi connectivity index (χ4v) is 3.04. The summed E-state index contributed by atoms with van der Waals surface area (Å²) in [6.07, 6.45) is 4.44. The largest absolute Gasteiger partial charge is 0.352 e. The molecule has 1 aromatic carbocycles. The van der Waals surface area contributed by atoms with Crippen molar-refractivity contribution >= 4 is 5.91 Å². The molecular formula is C16H22N2O. The first-order valence-corrected chi connectivity index (χ1v) is 7.38. The molecule has 0 aromatic heterocycles. The minimum absolute atomic E-state index is 0.0576. The summed E-state index contributed by atoms with van der Waals surface area (Å²) in [5.74, 6) is 0.905. The topological polar surface area (TPSA) is 41.1 Å². The summed E-state index contributed by atoms with van der Waals surface area (Å²) >= 11 is 0. The predicted molar refractivity (Wildman–Crippen MR) is 75.7 cm³/mol. The van der Waals surface area contributed by atoms with E-state index in [9.17, 15) is 4.79 Å². The van der Waals surface area contributed by atoms with Crippen LogP contribution in [0.4, 0.5) is 0 Å². The highest BCUT2D eigenvalue weighted by atomic mass is 16.2. The van der Waals surface area contributed by atoms with Crippen LogP contribution in [0.15, 0.2) is 24.3 Å². The van der Waals surface area contributed by atoms with E-state index in [1.165, 1.54) is 30.4 Å². The normalized spacial score (nSPS) is 28.6. The lowest BCUT2D eigenvalue weighted by Gasteiger charge is -2.25. The minimum atomic E-state index is -0.0576. The number of nitrogens with one attached hydrogen (secondary N) is 2.